The number of amides is 1. The highest BCUT2D eigenvalue weighted by molar-refractivity contribution is 5.93. The first-order valence-corrected chi connectivity index (χ1v) is 9.24. The zero-order valence-corrected chi connectivity index (χ0v) is 16.0. The van der Waals surface area contributed by atoms with Crippen molar-refractivity contribution >= 4 is 17.4 Å². The molecule has 0 saturated heterocycles. The van der Waals surface area contributed by atoms with Gasteiger partial charge in [0.15, 0.2) is 11.5 Å². The highest BCUT2D eigenvalue weighted by Gasteiger charge is 2.18. The van der Waals surface area contributed by atoms with Crippen molar-refractivity contribution in [3.05, 3.63) is 35.8 Å². The first-order valence-electron chi connectivity index (χ1n) is 9.24. The molecule has 0 bridgehead atoms. The quantitative estimate of drug-likeness (QED) is 0.808. The molecule has 0 radical (unpaired) electrons. The van der Waals surface area contributed by atoms with Crippen LogP contribution in [0.5, 0.6) is 11.5 Å². The second-order valence-electron chi connectivity index (χ2n) is 6.69. The predicted molar refractivity (Wildman–Crippen MR) is 104 cm³/mol. The summed E-state index contributed by atoms with van der Waals surface area (Å²) < 4.78 is 10.6. The van der Waals surface area contributed by atoms with Gasteiger partial charge in [0, 0.05) is 23.9 Å². The Hall–Kier alpha value is -2.83. The number of hydrogen-bond acceptors (Lipinski definition) is 6. The van der Waals surface area contributed by atoms with Crippen molar-refractivity contribution in [2.45, 2.75) is 45.1 Å². The molecule has 1 aliphatic carbocycles. The third-order valence-electron chi connectivity index (χ3n) is 4.67. The molecule has 7 nitrogen and oxygen atoms in total. The van der Waals surface area contributed by atoms with Gasteiger partial charge in [-0.3, -0.25) is 4.79 Å². The molecule has 1 heterocycles. The van der Waals surface area contributed by atoms with E-state index in [1.165, 1.54) is 19.3 Å². The molecule has 1 aromatic carbocycles. The Morgan fingerprint density at radius 3 is 2.48 bits per heavy atom. The lowest BCUT2D eigenvalue weighted by Crippen LogP contribution is -2.36. The van der Waals surface area contributed by atoms with E-state index in [0.29, 0.717) is 28.8 Å². The minimum Gasteiger partial charge on any atom is -0.493 e. The van der Waals surface area contributed by atoms with Gasteiger partial charge in [0.1, 0.15) is 17.3 Å². The molecule has 1 aromatic heterocycles. The maximum absolute atomic E-state index is 12.6. The van der Waals surface area contributed by atoms with Crippen LogP contribution in [0.4, 0.5) is 11.5 Å². The van der Waals surface area contributed by atoms with Crippen LogP contribution in [0.25, 0.3) is 0 Å². The van der Waals surface area contributed by atoms with Crippen LogP contribution in [-0.4, -0.2) is 36.1 Å². The first kappa shape index (κ1) is 18.9. The average molecular weight is 370 g/mol. The molecule has 0 aliphatic heterocycles. The fourth-order valence-corrected chi connectivity index (χ4v) is 3.32. The van der Waals surface area contributed by atoms with E-state index in [1.807, 2.05) is 18.2 Å². The van der Waals surface area contributed by atoms with Crippen molar-refractivity contribution in [3.8, 4) is 11.5 Å². The summed E-state index contributed by atoms with van der Waals surface area (Å²) in [5.74, 6) is 2.21. The smallest absolute Gasteiger partial charge is 0.270 e. The van der Waals surface area contributed by atoms with Gasteiger partial charge in [0.25, 0.3) is 5.91 Å². The number of aromatic nitrogens is 2. The van der Waals surface area contributed by atoms with Gasteiger partial charge < -0.3 is 20.1 Å². The van der Waals surface area contributed by atoms with Crippen molar-refractivity contribution in [3.63, 3.8) is 0 Å². The molecule has 0 unspecified atom stereocenters. The number of anilines is 2. The van der Waals surface area contributed by atoms with Crippen molar-refractivity contribution in [1.29, 1.82) is 0 Å². The maximum Gasteiger partial charge on any atom is 0.270 e. The Balaban J connectivity index is 1.75. The van der Waals surface area contributed by atoms with Crippen LogP contribution in [-0.2, 0) is 0 Å². The summed E-state index contributed by atoms with van der Waals surface area (Å²) in [4.78, 5) is 21.3. The summed E-state index contributed by atoms with van der Waals surface area (Å²) in [5.41, 5.74) is 1.15. The molecule has 1 aliphatic rings. The minimum atomic E-state index is -0.150. The molecule has 7 heteroatoms. The fourth-order valence-electron chi connectivity index (χ4n) is 3.32. The van der Waals surface area contributed by atoms with E-state index in [9.17, 15) is 4.79 Å². The number of benzene rings is 1. The van der Waals surface area contributed by atoms with Crippen molar-refractivity contribution in [1.82, 2.24) is 15.3 Å². The van der Waals surface area contributed by atoms with E-state index in [-0.39, 0.29) is 11.9 Å². The summed E-state index contributed by atoms with van der Waals surface area (Å²) in [6.07, 6.45) is 5.65. The van der Waals surface area contributed by atoms with E-state index >= 15 is 0 Å². The highest BCUT2D eigenvalue weighted by Crippen LogP contribution is 2.31. The van der Waals surface area contributed by atoms with E-state index in [1.54, 1.807) is 27.2 Å². The Morgan fingerprint density at radius 2 is 1.78 bits per heavy atom. The lowest BCUT2D eigenvalue weighted by atomic mass is 9.95. The van der Waals surface area contributed by atoms with Crippen molar-refractivity contribution in [2.24, 2.45) is 0 Å². The Kier molecular flexibility index (Phi) is 6.11. The topological polar surface area (TPSA) is 85.4 Å². The molecule has 2 N–H and O–H groups in total. The summed E-state index contributed by atoms with van der Waals surface area (Å²) in [6.45, 7) is 1.77. The van der Waals surface area contributed by atoms with Crippen molar-refractivity contribution in [2.75, 3.05) is 19.5 Å². The van der Waals surface area contributed by atoms with Gasteiger partial charge in [-0.25, -0.2) is 9.97 Å². The highest BCUT2D eigenvalue weighted by atomic mass is 16.5. The van der Waals surface area contributed by atoms with E-state index < -0.39 is 0 Å². The molecule has 144 valence electrons. The standard InChI is InChI=1S/C20H26N4O3/c1-13-21-16(20(25)24-14-7-5-4-6-8-14)12-19(22-13)23-15-9-10-17(26-2)18(11-15)27-3/h9-12,14H,4-8H2,1-3H3,(H,24,25)(H,21,22,23). The van der Waals surface area contributed by atoms with Gasteiger partial charge in [-0.1, -0.05) is 19.3 Å². The van der Waals surface area contributed by atoms with Crippen LogP contribution in [0.3, 0.4) is 0 Å². The SMILES string of the molecule is COc1ccc(Nc2cc(C(=O)NC3CCCCC3)nc(C)n2)cc1OC. The number of aryl methyl sites for hydroxylation is 1. The molecular weight excluding hydrogens is 344 g/mol. The van der Waals surface area contributed by atoms with Gasteiger partial charge in [-0.05, 0) is 31.9 Å². The van der Waals surface area contributed by atoms with Crippen LogP contribution in [0, 0.1) is 6.92 Å². The lowest BCUT2D eigenvalue weighted by molar-refractivity contribution is 0.0922. The minimum absolute atomic E-state index is 0.150. The number of ether oxygens (including phenoxy) is 2. The number of nitrogens with zero attached hydrogens (tertiary/aromatic N) is 2. The fraction of sp³-hybridized carbons (Fsp3) is 0.450. The second kappa shape index (κ2) is 8.70. The largest absolute Gasteiger partial charge is 0.493 e. The van der Waals surface area contributed by atoms with Gasteiger partial charge in [-0.15, -0.1) is 0 Å². The first-order chi connectivity index (χ1) is 13.1. The summed E-state index contributed by atoms with van der Waals surface area (Å²) >= 11 is 0. The number of hydrogen-bond donors (Lipinski definition) is 2. The zero-order valence-electron chi connectivity index (χ0n) is 16.0. The normalized spacial score (nSPS) is 14.5. The van der Waals surface area contributed by atoms with Crippen LogP contribution in [0.1, 0.15) is 48.4 Å². The van der Waals surface area contributed by atoms with E-state index in [2.05, 4.69) is 20.6 Å². The molecule has 0 spiro atoms. The van der Waals surface area contributed by atoms with Crippen LogP contribution in [0.2, 0.25) is 0 Å². The second-order valence-corrected chi connectivity index (χ2v) is 6.69. The van der Waals surface area contributed by atoms with Crippen LogP contribution < -0.4 is 20.1 Å². The van der Waals surface area contributed by atoms with E-state index in [4.69, 9.17) is 9.47 Å². The molecule has 3 rings (SSSR count). The monoisotopic (exact) mass is 370 g/mol. The van der Waals surface area contributed by atoms with Gasteiger partial charge in [0.05, 0.1) is 14.2 Å². The Morgan fingerprint density at radius 1 is 1.04 bits per heavy atom. The summed E-state index contributed by atoms with van der Waals surface area (Å²) in [7, 11) is 3.18. The molecule has 0 atom stereocenters. The Bertz CT molecular complexity index is 804. The van der Waals surface area contributed by atoms with Gasteiger partial charge in [-0.2, -0.15) is 0 Å². The third-order valence-corrected chi connectivity index (χ3v) is 4.67. The summed E-state index contributed by atoms with van der Waals surface area (Å²) in [5, 5.41) is 6.30. The number of rotatable bonds is 6. The molecule has 1 fully saturated rings. The molecule has 1 amide bonds. The Labute approximate surface area is 159 Å². The van der Waals surface area contributed by atoms with Crippen LogP contribution in [0.15, 0.2) is 24.3 Å². The molecule has 27 heavy (non-hydrogen) atoms. The average Bonchev–Trinajstić information content (AvgIpc) is 2.68. The van der Waals surface area contributed by atoms with Gasteiger partial charge >= 0.3 is 0 Å². The number of carbonyl (C=O) groups excluding carboxylic acids is 1. The van der Waals surface area contributed by atoms with Crippen molar-refractivity contribution < 1.29 is 14.3 Å². The predicted octanol–water partition coefficient (Wildman–Crippen LogP) is 3.61. The number of carbonyl (C=O) groups is 1. The maximum atomic E-state index is 12.6. The van der Waals surface area contributed by atoms with Crippen LogP contribution >= 0.6 is 0 Å². The number of nitrogens with one attached hydrogen (secondary N) is 2. The zero-order chi connectivity index (χ0) is 19.2. The van der Waals surface area contributed by atoms with Gasteiger partial charge in [0.2, 0.25) is 0 Å². The lowest BCUT2D eigenvalue weighted by Gasteiger charge is -2.22. The third kappa shape index (κ3) is 4.87. The number of methoxy groups -OCH3 is 2. The molecule has 2 aromatic rings. The van der Waals surface area contributed by atoms with E-state index in [0.717, 1.165) is 18.5 Å². The molecule has 1 saturated carbocycles. The molecular formula is C20H26N4O3. The summed E-state index contributed by atoms with van der Waals surface area (Å²) in [6, 6.07) is 7.40.